The van der Waals surface area contributed by atoms with Crippen molar-refractivity contribution in [3.63, 3.8) is 0 Å². The number of halogens is 2. The van der Waals surface area contributed by atoms with Gasteiger partial charge >= 0.3 is 0 Å². The molecule has 0 aliphatic rings. The predicted molar refractivity (Wildman–Crippen MR) is 84.7 cm³/mol. The topological polar surface area (TPSA) is 81.4 Å². The van der Waals surface area contributed by atoms with Gasteiger partial charge in [0.15, 0.2) is 0 Å². The monoisotopic (exact) mass is 346 g/mol. The molecule has 0 saturated carbocycles. The molecule has 0 aliphatic heterocycles. The lowest BCUT2D eigenvalue weighted by atomic mass is 10.3. The minimum atomic E-state index is -3.97. The highest BCUT2D eigenvalue weighted by Crippen LogP contribution is 2.34. The number of nitrogen functional groups attached to an aromatic ring is 1. The van der Waals surface area contributed by atoms with E-state index in [9.17, 15) is 8.42 Å². The number of nitrogens with one attached hydrogen (secondary N) is 1. The molecule has 0 fully saturated rings. The number of rotatable bonds is 4. The van der Waals surface area contributed by atoms with E-state index in [1.165, 1.54) is 19.2 Å². The second-order valence-electron chi connectivity index (χ2n) is 4.12. The molecular formula is C13H12Cl2N2O3S. The summed E-state index contributed by atoms with van der Waals surface area (Å²) in [5.74, 6) is 0.378. The molecule has 3 N–H and O–H groups in total. The molecule has 2 aromatic rings. The minimum absolute atomic E-state index is 0.0533. The molecule has 0 aromatic heterocycles. The summed E-state index contributed by atoms with van der Waals surface area (Å²) in [5, 5.41) is -0.107. The van der Waals surface area contributed by atoms with Gasteiger partial charge in [0.25, 0.3) is 10.0 Å². The average Bonchev–Trinajstić information content (AvgIpc) is 2.37. The lowest BCUT2D eigenvalue weighted by Crippen LogP contribution is -2.15. The van der Waals surface area contributed by atoms with Gasteiger partial charge in [-0.1, -0.05) is 35.3 Å². The SMILES string of the molecule is COc1ccccc1NS(=O)(=O)c1c(Cl)cc(N)cc1Cl. The third kappa shape index (κ3) is 3.34. The van der Waals surface area contributed by atoms with Crippen LogP contribution in [-0.4, -0.2) is 15.5 Å². The van der Waals surface area contributed by atoms with Gasteiger partial charge in [0.05, 0.1) is 22.8 Å². The first-order chi connectivity index (χ1) is 9.85. The fourth-order valence-electron chi connectivity index (χ4n) is 1.76. The Hall–Kier alpha value is -1.63. The first kappa shape index (κ1) is 15.8. The van der Waals surface area contributed by atoms with Crippen LogP contribution in [-0.2, 0) is 10.0 Å². The molecule has 0 amide bonds. The van der Waals surface area contributed by atoms with Gasteiger partial charge in [-0.05, 0) is 24.3 Å². The van der Waals surface area contributed by atoms with E-state index >= 15 is 0 Å². The highest BCUT2D eigenvalue weighted by atomic mass is 35.5. The molecule has 2 aromatic carbocycles. The fourth-order valence-corrected chi connectivity index (χ4v) is 4.07. The molecule has 0 saturated heterocycles. The molecule has 0 unspecified atom stereocenters. The zero-order chi connectivity index (χ0) is 15.6. The zero-order valence-corrected chi connectivity index (χ0v) is 13.3. The van der Waals surface area contributed by atoms with E-state index in [1.54, 1.807) is 24.3 Å². The maximum absolute atomic E-state index is 12.4. The highest BCUT2D eigenvalue weighted by molar-refractivity contribution is 7.93. The van der Waals surface area contributed by atoms with Crippen molar-refractivity contribution in [1.82, 2.24) is 0 Å². The van der Waals surface area contributed by atoms with E-state index in [-0.39, 0.29) is 26.3 Å². The molecule has 5 nitrogen and oxygen atoms in total. The van der Waals surface area contributed by atoms with Gasteiger partial charge < -0.3 is 10.5 Å². The molecule has 112 valence electrons. The summed E-state index contributed by atoms with van der Waals surface area (Å²) in [6, 6.07) is 9.24. The van der Waals surface area contributed by atoms with Crippen LogP contribution < -0.4 is 15.2 Å². The van der Waals surface area contributed by atoms with Gasteiger partial charge in [0, 0.05) is 5.69 Å². The van der Waals surface area contributed by atoms with Crippen LogP contribution in [0.5, 0.6) is 5.75 Å². The summed E-state index contributed by atoms with van der Waals surface area (Å²) in [5.41, 5.74) is 6.13. The van der Waals surface area contributed by atoms with E-state index in [1.807, 2.05) is 0 Å². The molecule has 0 aliphatic carbocycles. The molecule has 0 atom stereocenters. The van der Waals surface area contributed by atoms with Gasteiger partial charge in [0.2, 0.25) is 0 Å². The Labute approximate surface area is 132 Å². The number of anilines is 2. The number of hydrogen-bond donors (Lipinski definition) is 2. The standard InChI is InChI=1S/C13H12Cl2N2O3S/c1-20-12-5-3-2-4-11(12)17-21(18,19)13-9(14)6-8(16)7-10(13)15/h2-7,17H,16H2,1H3. The summed E-state index contributed by atoms with van der Waals surface area (Å²) in [4.78, 5) is -0.231. The van der Waals surface area contributed by atoms with Crippen molar-refractivity contribution in [3.8, 4) is 5.75 Å². The van der Waals surface area contributed by atoms with Crippen molar-refractivity contribution in [2.24, 2.45) is 0 Å². The van der Waals surface area contributed by atoms with Gasteiger partial charge in [-0.2, -0.15) is 0 Å². The van der Waals surface area contributed by atoms with E-state index < -0.39 is 10.0 Å². The normalized spacial score (nSPS) is 11.2. The van der Waals surface area contributed by atoms with Crippen molar-refractivity contribution >= 4 is 44.6 Å². The summed E-state index contributed by atoms with van der Waals surface area (Å²) < 4.78 is 32.4. The second-order valence-corrected chi connectivity index (χ2v) is 6.55. The Morgan fingerprint density at radius 2 is 1.71 bits per heavy atom. The van der Waals surface area contributed by atoms with Crippen molar-refractivity contribution in [3.05, 3.63) is 46.4 Å². The van der Waals surface area contributed by atoms with Crippen molar-refractivity contribution < 1.29 is 13.2 Å². The Morgan fingerprint density at radius 3 is 2.29 bits per heavy atom. The number of sulfonamides is 1. The van der Waals surface area contributed by atoms with Crippen molar-refractivity contribution in [1.29, 1.82) is 0 Å². The lowest BCUT2D eigenvalue weighted by Gasteiger charge is -2.13. The summed E-state index contributed by atoms with van der Waals surface area (Å²) in [6.45, 7) is 0. The van der Waals surface area contributed by atoms with Crippen LogP contribution >= 0.6 is 23.2 Å². The molecule has 2 rings (SSSR count). The van der Waals surface area contributed by atoms with Crippen LogP contribution in [0.4, 0.5) is 11.4 Å². The molecule has 0 radical (unpaired) electrons. The number of methoxy groups -OCH3 is 1. The fraction of sp³-hybridized carbons (Fsp3) is 0.0769. The number of ether oxygens (including phenoxy) is 1. The van der Waals surface area contributed by atoms with Gasteiger partial charge in [-0.15, -0.1) is 0 Å². The van der Waals surface area contributed by atoms with Crippen LogP contribution in [0.1, 0.15) is 0 Å². The zero-order valence-electron chi connectivity index (χ0n) is 10.9. The number of para-hydroxylation sites is 2. The first-order valence-electron chi connectivity index (χ1n) is 5.75. The number of hydrogen-bond acceptors (Lipinski definition) is 4. The quantitative estimate of drug-likeness (QED) is 0.831. The molecule has 21 heavy (non-hydrogen) atoms. The van der Waals surface area contributed by atoms with Crippen LogP contribution in [0.3, 0.4) is 0 Å². The smallest absolute Gasteiger partial charge is 0.265 e. The van der Waals surface area contributed by atoms with E-state index in [4.69, 9.17) is 33.7 Å². The Balaban J connectivity index is 2.49. The number of benzene rings is 2. The van der Waals surface area contributed by atoms with Gasteiger partial charge in [0.1, 0.15) is 10.6 Å². The molecule has 0 heterocycles. The minimum Gasteiger partial charge on any atom is -0.495 e. The molecule has 0 bridgehead atoms. The third-order valence-corrected chi connectivity index (χ3v) is 4.93. The molecule has 8 heteroatoms. The summed E-state index contributed by atoms with van der Waals surface area (Å²) in [6.07, 6.45) is 0. The van der Waals surface area contributed by atoms with Crippen LogP contribution in [0.2, 0.25) is 10.0 Å². The van der Waals surface area contributed by atoms with Crippen molar-refractivity contribution in [2.75, 3.05) is 17.6 Å². The predicted octanol–water partition coefficient (Wildman–Crippen LogP) is 3.39. The van der Waals surface area contributed by atoms with Gasteiger partial charge in [-0.25, -0.2) is 8.42 Å². The Kier molecular flexibility index (Phi) is 4.51. The third-order valence-electron chi connectivity index (χ3n) is 2.64. The van der Waals surface area contributed by atoms with Crippen molar-refractivity contribution in [2.45, 2.75) is 4.90 Å². The van der Waals surface area contributed by atoms with Crippen LogP contribution in [0, 0.1) is 0 Å². The molecular weight excluding hydrogens is 335 g/mol. The molecule has 0 spiro atoms. The average molecular weight is 347 g/mol. The Bertz CT molecular complexity index is 756. The van der Waals surface area contributed by atoms with E-state index in [0.29, 0.717) is 5.75 Å². The Morgan fingerprint density at radius 1 is 1.14 bits per heavy atom. The largest absolute Gasteiger partial charge is 0.495 e. The number of nitrogens with two attached hydrogens (primary N) is 1. The van der Waals surface area contributed by atoms with E-state index in [0.717, 1.165) is 0 Å². The van der Waals surface area contributed by atoms with Crippen LogP contribution in [0.25, 0.3) is 0 Å². The van der Waals surface area contributed by atoms with E-state index in [2.05, 4.69) is 4.72 Å². The maximum atomic E-state index is 12.4. The highest BCUT2D eigenvalue weighted by Gasteiger charge is 2.23. The maximum Gasteiger partial charge on any atom is 0.265 e. The van der Waals surface area contributed by atoms with Gasteiger partial charge in [-0.3, -0.25) is 4.72 Å². The second kappa shape index (κ2) is 6.01. The van der Waals surface area contributed by atoms with Crippen LogP contribution in [0.15, 0.2) is 41.3 Å². The lowest BCUT2D eigenvalue weighted by molar-refractivity contribution is 0.417. The summed E-state index contributed by atoms with van der Waals surface area (Å²) >= 11 is 11.9. The summed E-state index contributed by atoms with van der Waals surface area (Å²) in [7, 11) is -2.53. The first-order valence-corrected chi connectivity index (χ1v) is 7.99.